The first kappa shape index (κ1) is 11.2. The minimum absolute atomic E-state index is 0.199. The molecular formula is C16H13N. The second-order valence-electron chi connectivity index (χ2n) is 3.84. The first-order valence-electron chi connectivity index (χ1n) is 5.52. The Morgan fingerprint density at radius 2 is 1.53 bits per heavy atom. The molecule has 0 saturated heterocycles. The Bertz CT molecular complexity index is 532. The Hall–Kier alpha value is -2.33. The zero-order valence-corrected chi connectivity index (χ0v) is 9.51. The van der Waals surface area contributed by atoms with Crippen molar-refractivity contribution in [1.82, 2.24) is 0 Å². The lowest BCUT2D eigenvalue weighted by molar-refractivity contribution is 1.04. The summed E-state index contributed by atoms with van der Waals surface area (Å²) in [5.41, 5.74) is 3.11. The van der Waals surface area contributed by atoms with Gasteiger partial charge in [0.25, 0.3) is 0 Å². The van der Waals surface area contributed by atoms with Crippen molar-refractivity contribution in [1.29, 1.82) is 5.26 Å². The number of benzene rings is 2. The summed E-state index contributed by atoms with van der Waals surface area (Å²) in [5, 5.41) is 9.29. The SMILES string of the molecule is C=Cc1ccc(C(C#N)c2ccccc2)cc1. The summed E-state index contributed by atoms with van der Waals surface area (Å²) in [6.45, 7) is 3.72. The molecule has 0 spiro atoms. The molecule has 1 heteroatoms. The smallest absolute Gasteiger partial charge is 0.0962 e. The van der Waals surface area contributed by atoms with E-state index in [-0.39, 0.29) is 5.92 Å². The molecule has 0 aliphatic rings. The maximum Gasteiger partial charge on any atom is 0.0962 e. The molecule has 0 N–H and O–H groups in total. The number of rotatable bonds is 3. The van der Waals surface area contributed by atoms with Gasteiger partial charge in [-0.3, -0.25) is 0 Å². The van der Waals surface area contributed by atoms with Gasteiger partial charge >= 0.3 is 0 Å². The molecular weight excluding hydrogens is 206 g/mol. The van der Waals surface area contributed by atoms with Crippen molar-refractivity contribution in [2.24, 2.45) is 0 Å². The third-order valence-electron chi connectivity index (χ3n) is 2.77. The highest BCUT2D eigenvalue weighted by Crippen LogP contribution is 2.24. The zero-order valence-electron chi connectivity index (χ0n) is 9.51. The highest BCUT2D eigenvalue weighted by Gasteiger charge is 2.12. The van der Waals surface area contributed by atoms with Gasteiger partial charge in [-0.15, -0.1) is 0 Å². The van der Waals surface area contributed by atoms with Crippen LogP contribution in [0.15, 0.2) is 61.2 Å². The summed E-state index contributed by atoms with van der Waals surface area (Å²) < 4.78 is 0. The Labute approximate surface area is 102 Å². The molecule has 0 aromatic heterocycles. The number of hydrogen-bond donors (Lipinski definition) is 0. The van der Waals surface area contributed by atoms with E-state index in [1.165, 1.54) is 0 Å². The summed E-state index contributed by atoms with van der Waals surface area (Å²) in [5.74, 6) is -0.199. The molecule has 82 valence electrons. The van der Waals surface area contributed by atoms with Crippen molar-refractivity contribution in [3.63, 3.8) is 0 Å². The molecule has 0 fully saturated rings. The second kappa shape index (κ2) is 5.14. The van der Waals surface area contributed by atoms with Crippen LogP contribution in [0, 0.1) is 11.3 Å². The van der Waals surface area contributed by atoms with Gasteiger partial charge in [-0.05, 0) is 16.7 Å². The van der Waals surface area contributed by atoms with Crippen LogP contribution < -0.4 is 0 Å². The molecule has 0 radical (unpaired) electrons. The standard InChI is InChI=1S/C16H13N/c1-2-13-8-10-15(11-9-13)16(12-17)14-6-4-3-5-7-14/h2-11,16H,1H2. The van der Waals surface area contributed by atoms with E-state index in [1.54, 1.807) is 6.08 Å². The molecule has 0 saturated carbocycles. The summed E-state index contributed by atoms with van der Waals surface area (Å²) in [4.78, 5) is 0. The zero-order chi connectivity index (χ0) is 12.1. The molecule has 2 rings (SSSR count). The number of nitriles is 1. The monoisotopic (exact) mass is 219 g/mol. The van der Waals surface area contributed by atoms with E-state index in [9.17, 15) is 5.26 Å². The van der Waals surface area contributed by atoms with Gasteiger partial charge in [0.05, 0.1) is 12.0 Å². The molecule has 17 heavy (non-hydrogen) atoms. The van der Waals surface area contributed by atoms with Crippen molar-refractivity contribution >= 4 is 6.08 Å². The Balaban J connectivity index is 2.36. The Kier molecular flexibility index (Phi) is 3.37. The van der Waals surface area contributed by atoms with Crippen LogP contribution >= 0.6 is 0 Å². The maximum absolute atomic E-state index is 9.29. The van der Waals surface area contributed by atoms with E-state index in [2.05, 4.69) is 12.6 Å². The Morgan fingerprint density at radius 1 is 0.941 bits per heavy atom. The van der Waals surface area contributed by atoms with Gasteiger partial charge in [0.2, 0.25) is 0 Å². The van der Waals surface area contributed by atoms with Crippen LogP contribution in [0.3, 0.4) is 0 Å². The maximum atomic E-state index is 9.29. The van der Waals surface area contributed by atoms with Crippen LogP contribution in [-0.2, 0) is 0 Å². The van der Waals surface area contributed by atoms with Crippen molar-refractivity contribution in [3.05, 3.63) is 77.9 Å². The van der Waals surface area contributed by atoms with E-state index < -0.39 is 0 Å². The summed E-state index contributed by atoms with van der Waals surface area (Å²) in [6.07, 6.45) is 1.80. The summed E-state index contributed by atoms with van der Waals surface area (Å²) in [6, 6.07) is 20.1. The molecule has 2 aromatic carbocycles. The van der Waals surface area contributed by atoms with Crippen molar-refractivity contribution in [2.45, 2.75) is 5.92 Å². The van der Waals surface area contributed by atoms with Crippen LogP contribution in [-0.4, -0.2) is 0 Å². The van der Waals surface area contributed by atoms with Gasteiger partial charge in [-0.1, -0.05) is 67.3 Å². The average Bonchev–Trinajstić information content (AvgIpc) is 2.42. The molecule has 0 amide bonds. The highest BCUT2D eigenvalue weighted by molar-refractivity contribution is 5.49. The fourth-order valence-electron chi connectivity index (χ4n) is 1.81. The van der Waals surface area contributed by atoms with Crippen LogP contribution in [0.2, 0.25) is 0 Å². The van der Waals surface area contributed by atoms with Gasteiger partial charge in [0.1, 0.15) is 0 Å². The molecule has 1 unspecified atom stereocenters. The van der Waals surface area contributed by atoms with E-state index in [4.69, 9.17) is 0 Å². The summed E-state index contributed by atoms with van der Waals surface area (Å²) >= 11 is 0. The van der Waals surface area contributed by atoms with Crippen LogP contribution in [0.4, 0.5) is 0 Å². The molecule has 1 nitrogen and oxygen atoms in total. The normalized spacial score (nSPS) is 11.5. The van der Waals surface area contributed by atoms with Gasteiger partial charge in [0.15, 0.2) is 0 Å². The third kappa shape index (κ3) is 2.43. The molecule has 0 bridgehead atoms. The Morgan fingerprint density at radius 3 is 2.06 bits per heavy atom. The van der Waals surface area contributed by atoms with E-state index in [0.717, 1.165) is 16.7 Å². The largest absolute Gasteiger partial charge is 0.197 e. The van der Waals surface area contributed by atoms with Crippen LogP contribution in [0.25, 0.3) is 6.08 Å². The average molecular weight is 219 g/mol. The van der Waals surface area contributed by atoms with E-state index >= 15 is 0 Å². The predicted octanol–water partition coefficient (Wildman–Crippen LogP) is 3.99. The van der Waals surface area contributed by atoms with Gasteiger partial charge < -0.3 is 0 Å². The number of nitrogens with zero attached hydrogens (tertiary/aromatic N) is 1. The summed E-state index contributed by atoms with van der Waals surface area (Å²) in [7, 11) is 0. The lowest BCUT2D eigenvalue weighted by Crippen LogP contribution is -1.97. The second-order valence-corrected chi connectivity index (χ2v) is 3.84. The minimum atomic E-state index is -0.199. The van der Waals surface area contributed by atoms with Crippen molar-refractivity contribution < 1.29 is 0 Å². The number of hydrogen-bond acceptors (Lipinski definition) is 1. The molecule has 0 aliphatic heterocycles. The lowest BCUT2D eigenvalue weighted by Gasteiger charge is -2.09. The first-order chi connectivity index (χ1) is 8.35. The quantitative estimate of drug-likeness (QED) is 0.765. The lowest BCUT2D eigenvalue weighted by atomic mass is 9.92. The first-order valence-corrected chi connectivity index (χ1v) is 5.52. The molecule has 2 aromatic rings. The van der Waals surface area contributed by atoms with E-state index in [0.29, 0.717) is 0 Å². The minimum Gasteiger partial charge on any atom is -0.197 e. The van der Waals surface area contributed by atoms with Gasteiger partial charge in [-0.2, -0.15) is 5.26 Å². The van der Waals surface area contributed by atoms with Gasteiger partial charge in [0, 0.05) is 0 Å². The fourth-order valence-corrected chi connectivity index (χ4v) is 1.81. The van der Waals surface area contributed by atoms with Crippen molar-refractivity contribution in [3.8, 4) is 6.07 Å². The third-order valence-corrected chi connectivity index (χ3v) is 2.77. The molecule has 1 atom stereocenters. The topological polar surface area (TPSA) is 23.8 Å². The highest BCUT2D eigenvalue weighted by atomic mass is 14.3. The van der Waals surface area contributed by atoms with Gasteiger partial charge in [-0.25, -0.2) is 0 Å². The van der Waals surface area contributed by atoms with Crippen molar-refractivity contribution in [2.75, 3.05) is 0 Å². The van der Waals surface area contributed by atoms with Crippen LogP contribution in [0.1, 0.15) is 22.6 Å². The van der Waals surface area contributed by atoms with Crippen LogP contribution in [0.5, 0.6) is 0 Å². The van der Waals surface area contributed by atoms with E-state index in [1.807, 2.05) is 54.6 Å². The predicted molar refractivity (Wildman–Crippen MR) is 70.4 cm³/mol. The fraction of sp³-hybridized carbons (Fsp3) is 0.0625. The molecule has 0 aliphatic carbocycles. The molecule has 0 heterocycles.